The minimum Gasteiger partial charge on any atom is -0.497 e. The molecule has 4 rings (SSSR count). The number of amides is 2. The maximum absolute atomic E-state index is 12.8. The first-order valence-electron chi connectivity index (χ1n) is 11.0. The van der Waals surface area contributed by atoms with Crippen molar-refractivity contribution in [3.05, 3.63) is 63.2 Å². The normalized spacial score (nSPS) is 16.7. The first-order valence-corrected chi connectivity index (χ1v) is 11.0. The Labute approximate surface area is 192 Å². The molecule has 9 heteroatoms. The van der Waals surface area contributed by atoms with Crippen molar-refractivity contribution < 1.29 is 24.0 Å². The predicted octanol–water partition coefficient (Wildman–Crippen LogP) is 3.51. The second-order valence-electron chi connectivity index (χ2n) is 8.46. The summed E-state index contributed by atoms with van der Waals surface area (Å²) in [6.07, 6.45) is 3.87. The molecule has 2 amide bonds. The maximum Gasteiger partial charge on any atom is 0.282 e. The van der Waals surface area contributed by atoms with Crippen molar-refractivity contribution in [2.45, 2.75) is 25.7 Å². The van der Waals surface area contributed by atoms with E-state index in [1.807, 2.05) is 18.2 Å². The van der Waals surface area contributed by atoms with Crippen molar-refractivity contribution in [3.63, 3.8) is 0 Å². The van der Waals surface area contributed by atoms with Crippen LogP contribution in [0.1, 0.15) is 45.5 Å². The highest BCUT2D eigenvalue weighted by molar-refractivity contribution is 6.23. The van der Waals surface area contributed by atoms with Gasteiger partial charge in [0.05, 0.1) is 31.4 Å². The van der Waals surface area contributed by atoms with Gasteiger partial charge in [-0.2, -0.15) is 0 Å². The van der Waals surface area contributed by atoms with Crippen LogP contribution in [-0.2, 0) is 6.42 Å². The van der Waals surface area contributed by atoms with E-state index in [9.17, 15) is 19.7 Å². The molecule has 2 heterocycles. The second-order valence-corrected chi connectivity index (χ2v) is 8.46. The van der Waals surface area contributed by atoms with Crippen LogP contribution in [0.2, 0.25) is 0 Å². The number of fused-ring (bicyclic) bond motifs is 1. The SMILES string of the molecule is COc1cc(CCC2CCN(CN3C(=O)c4cccc([N+](=O)[O-])c4C3=O)CC2)cc(OC)c1. The van der Waals surface area contributed by atoms with Crippen molar-refractivity contribution in [2.24, 2.45) is 5.92 Å². The number of piperidine rings is 1. The van der Waals surface area contributed by atoms with E-state index in [2.05, 4.69) is 4.90 Å². The summed E-state index contributed by atoms with van der Waals surface area (Å²) in [5, 5.41) is 11.3. The zero-order chi connectivity index (χ0) is 23.5. The summed E-state index contributed by atoms with van der Waals surface area (Å²) in [7, 11) is 3.28. The van der Waals surface area contributed by atoms with Gasteiger partial charge in [0.1, 0.15) is 17.1 Å². The van der Waals surface area contributed by atoms with Crippen molar-refractivity contribution in [2.75, 3.05) is 34.0 Å². The van der Waals surface area contributed by atoms with E-state index in [0.29, 0.717) is 5.92 Å². The summed E-state index contributed by atoms with van der Waals surface area (Å²) in [6, 6.07) is 10.1. The number of aryl methyl sites for hydroxylation is 1. The lowest BCUT2D eigenvalue weighted by Gasteiger charge is -2.33. The zero-order valence-electron chi connectivity index (χ0n) is 18.8. The number of rotatable bonds is 8. The highest BCUT2D eigenvalue weighted by Crippen LogP contribution is 2.32. The number of likely N-dealkylation sites (tertiary alicyclic amines) is 1. The summed E-state index contributed by atoms with van der Waals surface area (Å²) >= 11 is 0. The molecule has 0 atom stereocenters. The van der Waals surface area contributed by atoms with E-state index in [4.69, 9.17) is 9.47 Å². The highest BCUT2D eigenvalue weighted by Gasteiger charge is 2.41. The van der Waals surface area contributed by atoms with Gasteiger partial charge in [-0.1, -0.05) is 6.07 Å². The molecule has 0 aromatic heterocycles. The summed E-state index contributed by atoms with van der Waals surface area (Å²) in [5.41, 5.74) is 0.858. The lowest BCUT2D eigenvalue weighted by Crippen LogP contribution is -2.44. The molecule has 1 fully saturated rings. The Morgan fingerprint density at radius 2 is 1.70 bits per heavy atom. The first kappa shape index (κ1) is 22.7. The number of imide groups is 1. The van der Waals surface area contributed by atoms with Crippen LogP contribution in [0, 0.1) is 16.0 Å². The fourth-order valence-electron chi connectivity index (χ4n) is 4.59. The standard InChI is InChI=1S/C24H27N3O6/c1-32-18-12-17(13-19(14-18)33-2)7-6-16-8-10-25(11-9-16)15-26-23(28)20-4-3-5-21(27(30)31)22(20)24(26)29/h3-5,12-14,16H,6-11,15H2,1-2H3. The molecule has 2 aromatic rings. The van der Waals surface area contributed by atoms with Gasteiger partial charge >= 0.3 is 0 Å². The largest absolute Gasteiger partial charge is 0.497 e. The van der Waals surface area contributed by atoms with Crippen molar-refractivity contribution in [1.82, 2.24) is 9.80 Å². The Bertz CT molecular complexity index is 1060. The van der Waals surface area contributed by atoms with E-state index >= 15 is 0 Å². The Hall–Kier alpha value is -3.46. The number of ether oxygens (including phenoxy) is 2. The molecule has 0 unspecified atom stereocenters. The second kappa shape index (κ2) is 9.58. The number of carbonyl (C=O) groups is 2. The number of benzene rings is 2. The Morgan fingerprint density at radius 1 is 1.03 bits per heavy atom. The van der Waals surface area contributed by atoms with Gasteiger partial charge in [-0.05, 0) is 55.4 Å². The molecule has 2 aliphatic rings. The van der Waals surface area contributed by atoms with Gasteiger partial charge in [0.15, 0.2) is 0 Å². The van der Waals surface area contributed by atoms with Crippen LogP contribution in [-0.4, -0.2) is 60.5 Å². The number of methoxy groups -OCH3 is 2. The molecule has 0 saturated carbocycles. The Kier molecular flexibility index (Phi) is 6.60. The molecule has 0 N–H and O–H groups in total. The van der Waals surface area contributed by atoms with E-state index in [-0.39, 0.29) is 23.5 Å². The van der Waals surface area contributed by atoms with Crippen LogP contribution in [0.3, 0.4) is 0 Å². The summed E-state index contributed by atoms with van der Waals surface area (Å²) < 4.78 is 10.7. The number of nitro groups is 1. The van der Waals surface area contributed by atoms with Crippen LogP contribution in [0.5, 0.6) is 11.5 Å². The monoisotopic (exact) mass is 453 g/mol. The molecule has 0 aliphatic carbocycles. The van der Waals surface area contributed by atoms with Crippen LogP contribution in [0.15, 0.2) is 36.4 Å². The third kappa shape index (κ3) is 4.68. The van der Waals surface area contributed by atoms with Gasteiger partial charge in [-0.3, -0.25) is 29.5 Å². The third-order valence-electron chi connectivity index (χ3n) is 6.47. The Morgan fingerprint density at radius 3 is 2.30 bits per heavy atom. The predicted molar refractivity (Wildman–Crippen MR) is 121 cm³/mol. The van der Waals surface area contributed by atoms with Gasteiger partial charge in [0, 0.05) is 25.2 Å². The molecule has 0 bridgehead atoms. The van der Waals surface area contributed by atoms with E-state index < -0.39 is 16.7 Å². The van der Waals surface area contributed by atoms with Crippen LogP contribution in [0.4, 0.5) is 5.69 Å². The number of nitro benzene ring substituents is 1. The van der Waals surface area contributed by atoms with E-state index in [0.717, 1.165) is 55.2 Å². The van der Waals surface area contributed by atoms with E-state index in [1.54, 1.807) is 14.2 Å². The van der Waals surface area contributed by atoms with Crippen LogP contribution >= 0.6 is 0 Å². The van der Waals surface area contributed by atoms with Gasteiger partial charge in [-0.25, -0.2) is 0 Å². The number of carbonyl (C=O) groups excluding carboxylic acids is 2. The smallest absolute Gasteiger partial charge is 0.282 e. The van der Waals surface area contributed by atoms with Gasteiger partial charge in [-0.15, -0.1) is 0 Å². The molecular formula is C24H27N3O6. The molecule has 33 heavy (non-hydrogen) atoms. The van der Waals surface area contributed by atoms with Gasteiger partial charge in [0.2, 0.25) is 0 Å². The molecule has 1 saturated heterocycles. The zero-order valence-corrected chi connectivity index (χ0v) is 18.8. The maximum atomic E-state index is 12.8. The molecule has 2 aliphatic heterocycles. The minimum atomic E-state index is -0.614. The first-order chi connectivity index (χ1) is 15.9. The average Bonchev–Trinajstić information content (AvgIpc) is 3.08. The topological polar surface area (TPSA) is 102 Å². The van der Waals surface area contributed by atoms with Gasteiger partial charge in [0.25, 0.3) is 17.5 Å². The number of nitrogens with zero attached hydrogens (tertiary/aromatic N) is 3. The van der Waals surface area contributed by atoms with Crippen LogP contribution in [0.25, 0.3) is 0 Å². The van der Waals surface area contributed by atoms with Crippen molar-refractivity contribution >= 4 is 17.5 Å². The molecule has 9 nitrogen and oxygen atoms in total. The fourth-order valence-corrected chi connectivity index (χ4v) is 4.59. The summed E-state index contributed by atoms with van der Waals surface area (Å²) in [4.78, 5) is 39.4. The molecule has 2 aromatic carbocycles. The van der Waals surface area contributed by atoms with Crippen molar-refractivity contribution in [3.8, 4) is 11.5 Å². The molecule has 174 valence electrons. The minimum absolute atomic E-state index is 0.101. The number of hydrogen-bond acceptors (Lipinski definition) is 7. The van der Waals surface area contributed by atoms with Crippen LogP contribution < -0.4 is 9.47 Å². The van der Waals surface area contributed by atoms with E-state index in [1.165, 1.54) is 23.8 Å². The summed E-state index contributed by atoms with van der Waals surface area (Å²) in [5.74, 6) is 1.05. The quantitative estimate of drug-likeness (QED) is 0.342. The summed E-state index contributed by atoms with van der Waals surface area (Å²) in [6.45, 7) is 1.69. The molecular weight excluding hydrogens is 426 g/mol. The Balaban J connectivity index is 1.32. The highest BCUT2D eigenvalue weighted by atomic mass is 16.6. The van der Waals surface area contributed by atoms with Gasteiger partial charge < -0.3 is 9.47 Å². The average molecular weight is 453 g/mol. The third-order valence-corrected chi connectivity index (χ3v) is 6.47. The lowest BCUT2D eigenvalue weighted by atomic mass is 9.90. The fraction of sp³-hybridized carbons (Fsp3) is 0.417. The lowest BCUT2D eigenvalue weighted by molar-refractivity contribution is -0.385. The molecule has 0 spiro atoms. The molecule has 0 radical (unpaired) electrons. The van der Waals surface area contributed by atoms with Crippen molar-refractivity contribution in [1.29, 1.82) is 0 Å². The number of hydrogen-bond donors (Lipinski definition) is 0.